The van der Waals surface area contributed by atoms with Crippen molar-refractivity contribution in [2.45, 2.75) is 139 Å². The predicted molar refractivity (Wildman–Crippen MR) is 282 cm³/mol. The quantitative estimate of drug-likeness (QED) is 0.0129. The topological polar surface area (TPSA) is 502 Å². The number of carboxylic acid groups (broad SMARTS) is 1. The molecule has 0 radical (unpaired) electrons. The third kappa shape index (κ3) is 23.4. The number of unbranched alkanes of at least 4 members (excludes halogenated alkanes) is 2. The summed E-state index contributed by atoms with van der Waals surface area (Å²) >= 11 is 0. The van der Waals surface area contributed by atoms with Crippen molar-refractivity contribution in [3.05, 3.63) is 47.2 Å². The standard InChI is InChI=1S/C48H83N17O11/c1-28-10-6-11-29(24-28)25-35(43(71)60-31(13-3-5-19-50)42(70)62-34(47(75)76)15-8-22-57-48(55)56)63-44(72)36-16-9-23-65(36)46(74)33(14-7-20-51)59-38(67)27-58-41(69)32(17-21-52)61-45(73)39(37(66)26-53)64-40(68)30(54)12-2-4-18-49/h6,10-11,15,24,30-33,35-37,39,66H,2-5,7-9,12-14,16-23,25-27,49-54H2,1H3,(H,58,69)(H,59,67)(H,60,71)(H,61,73)(H,62,70)(H,63,72)(H,64,68)(H,75,76)(H4,55,56,57)/b34-15-/t30-,31-,32-,33+,35?,36-,37-,39-/m0/s1. The van der Waals surface area contributed by atoms with Gasteiger partial charge < -0.3 is 98.2 Å². The Bertz CT molecular complexity index is 2140. The Labute approximate surface area is 442 Å². The molecule has 1 fully saturated rings. The second-order valence-electron chi connectivity index (χ2n) is 18.4. The van der Waals surface area contributed by atoms with Crippen LogP contribution < -0.4 is 83.1 Å². The molecule has 76 heavy (non-hydrogen) atoms. The van der Waals surface area contributed by atoms with E-state index in [4.69, 9.17) is 45.9 Å². The van der Waals surface area contributed by atoms with E-state index in [0.717, 1.165) is 5.56 Å². The first kappa shape index (κ1) is 65.3. The van der Waals surface area contributed by atoms with Gasteiger partial charge in [0.15, 0.2) is 5.96 Å². The molecule has 0 aliphatic carbocycles. The monoisotopic (exact) mass is 1070 g/mol. The van der Waals surface area contributed by atoms with Gasteiger partial charge in [0.25, 0.3) is 0 Å². The summed E-state index contributed by atoms with van der Waals surface area (Å²) in [5.41, 5.74) is 46.1. The molecule has 28 nitrogen and oxygen atoms in total. The van der Waals surface area contributed by atoms with Gasteiger partial charge in [-0.3, -0.25) is 43.3 Å². The molecule has 1 aliphatic heterocycles. The number of carbonyl (C=O) groups is 9. The first-order chi connectivity index (χ1) is 36.2. The Balaban J connectivity index is 2.30. The van der Waals surface area contributed by atoms with Gasteiger partial charge in [0, 0.05) is 26.1 Å². The van der Waals surface area contributed by atoms with E-state index in [-0.39, 0.29) is 90.0 Å². The fourth-order valence-corrected chi connectivity index (χ4v) is 8.09. The number of carboxylic acids is 1. The third-order valence-electron chi connectivity index (χ3n) is 12.2. The number of carbonyl (C=O) groups excluding carboxylic acids is 8. The minimum Gasteiger partial charge on any atom is -0.477 e. The molecular weight excluding hydrogens is 991 g/mol. The number of benzene rings is 1. The zero-order chi connectivity index (χ0) is 56.7. The number of nitrogens with one attached hydrogen (secondary N) is 7. The van der Waals surface area contributed by atoms with Crippen molar-refractivity contribution in [2.75, 3.05) is 52.4 Å². The van der Waals surface area contributed by atoms with Crippen LogP contribution in [-0.2, 0) is 49.6 Å². The van der Waals surface area contributed by atoms with Crippen LogP contribution in [0.3, 0.4) is 0 Å². The highest BCUT2D eigenvalue weighted by atomic mass is 16.4. The van der Waals surface area contributed by atoms with Crippen molar-refractivity contribution in [3.8, 4) is 0 Å². The fraction of sp³-hybridized carbons (Fsp3) is 0.625. The number of aliphatic carboxylic acids is 1. The summed E-state index contributed by atoms with van der Waals surface area (Å²) in [6.45, 7) is 1.58. The van der Waals surface area contributed by atoms with E-state index in [1.54, 1.807) is 12.1 Å². The fourth-order valence-electron chi connectivity index (χ4n) is 8.09. The molecule has 1 saturated heterocycles. The number of hydrogen-bond donors (Lipinski definition) is 17. The number of hydrogen-bond acceptors (Lipinski definition) is 17. The summed E-state index contributed by atoms with van der Waals surface area (Å²) in [5.74, 6) is -7.98. The number of nitrogens with two attached hydrogens (primary N) is 8. The van der Waals surface area contributed by atoms with E-state index < -0.39 is 120 Å². The molecule has 0 bridgehead atoms. The van der Waals surface area contributed by atoms with E-state index in [9.17, 15) is 53.4 Å². The highest BCUT2D eigenvalue weighted by Crippen LogP contribution is 2.21. The molecule has 1 aliphatic rings. The molecule has 8 amide bonds. The number of guanidine groups is 1. The van der Waals surface area contributed by atoms with Gasteiger partial charge in [-0.05, 0) is 109 Å². The number of aliphatic hydroxyl groups excluding tert-OH is 1. The summed E-state index contributed by atoms with van der Waals surface area (Å²) in [6, 6.07) is -1.70. The lowest BCUT2D eigenvalue weighted by atomic mass is 10.0. The summed E-state index contributed by atoms with van der Waals surface area (Å²) in [4.78, 5) is 127. The van der Waals surface area contributed by atoms with Crippen molar-refractivity contribution >= 4 is 59.2 Å². The predicted octanol–water partition coefficient (Wildman–Crippen LogP) is -6.19. The van der Waals surface area contributed by atoms with Crippen LogP contribution in [0.4, 0.5) is 0 Å². The van der Waals surface area contributed by atoms with E-state index in [2.05, 4.69) is 42.2 Å². The molecule has 0 spiro atoms. The zero-order valence-electron chi connectivity index (χ0n) is 43.4. The van der Waals surface area contributed by atoms with Crippen molar-refractivity contribution in [2.24, 2.45) is 50.9 Å². The van der Waals surface area contributed by atoms with Crippen molar-refractivity contribution in [3.63, 3.8) is 0 Å². The largest absolute Gasteiger partial charge is 0.477 e. The molecule has 25 N–H and O–H groups in total. The van der Waals surface area contributed by atoms with Crippen LogP contribution >= 0.6 is 0 Å². The summed E-state index contributed by atoms with van der Waals surface area (Å²) in [5, 5.41) is 38.0. The number of rotatable bonds is 36. The maximum Gasteiger partial charge on any atom is 0.352 e. The molecule has 8 atom stereocenters. The highest BCUT2D eigenvalue weighted by Gasteiger charge is 2.40. The van der Waals surface area contributed by atoms with Gasteiger partial charge in [-0.25, -0.2) is 4.79 Å². The Morgan fingerprint density at radius 2 is 1.38 bits per heavy atom. The Kier molecular flexibility index (Phi) is 30.4. The van der Waals surface area contributed by atoms with Crippen molar-refractivity contribution in [1.29, 1.82) is 0 Å². The Hall–Kier alpha value is -6.82. The van der Waals surface area contributed by atoms with Gasteiger partial charge in [0.1, 0.15) is 41.9 Å². The van der Waals surface area contributed by atoms with Crippen LogP contribution in [0.5, 0.6) is 0 Å². The van der Waals surface area contributed by atoms with Crippen LogP contribution in [0.15, 0.2) is 41.0 Å². The molecule has 2 rings (SSSR count). The van der Waals surface area contributed by atoms with Gasteiger partial charge in [-0.2, -0.15) is 0 Å². The molecule has 426 valence electrons. The van der Waals surface area contributed by atoms with Gasteiger partial charge in [-0.1, -0.05) is 42.3 Å². The maximum atomic E-state index is 14.3. The highest BCUT2D eigenvalue weighted by molar-refractivity contribution is 5.99. The number of amides is 8. The van der Waals surface area contributed by atoms with Crippen molar-refractivity contribution in [1.82, 2.24) is 42.1 Å². The minimum absolute atomic E-state index is 0.0417. The summed E-state index contributed by atoms with van der Waals surface area (Å²) in [7, 11) is 0. The molecule has 1 aromatic carbocycles. The number of likely N-dealkylation sites (tertiary alicyclic amines) is 1. The molecule has 28 heteroatoms. The molecular formula is C48H83N17O11. The second-order valence-corrected chi connectivity index (χ2v) is 18.4. The van der Waals surface area contributed by atoms with E-state index in [1.165, 1.54) is 11.0 Å². The summed E-state index contributed by atoms with van der Waals surface area (Å²) in [6.07, 6.45) is 2.74. The van der Waals surface area contributed by atoms with Crippen LogP contribution in [0.2, 0.25) is 0 Å². The second kappa shape index (κ2) is 35.4. The normalized spacial score (nSPS) is 16.1. The lowest BCUT2D eigenvalue weighted by Gasteiger charge is -2.30. The average Bonchev–Trinajstić information content (AvgIpc) is 3.88. The molecule has 0 saturated carbocycles. The average molecular weight is 1070 g/mol. The van der Waals surface area contributed by atoms with Crippen LogP contribution in [-0.4, -0.2) is 175 Å². The van der Waals surface area contributed by atoms with Crippen molar-refractivity contribution < 1.29 is 53.4 Å². The van der Waals surface area contributed by atoms with Crippen LogP contribution in [0.1, 0.15) is 88.2 Å². The molecule has 1 aromatic rings. The first-order valence-corrected chi connectivity index (χ1v) is 25.6. The molecule has 1 unspecified atom stereocenters. The lowest BCUT2D eigenvalue weighted by molar-refractivity contribution is -0.142. The number of nitrogens with zero attached hydrogens (tertiary/aromatic N) is 2. The zero-order valence-corrected chi connectivity index (χ0v) is 43.4. The van der Waals surface area contributed by atoms with E-state index in [1.807, 2.05) is 19.1 Å². The van der Waals surface area contributed by atoms with Gasteiger partial charge >= 0.3 is 5.97 Å². The Morgan fingerprint density at radius 3 is 2.00 bits per heavy atom. The number of aliphatic imine (C=N–C) groups is 1. The van der Waals surface area contributed by atoms with Gasteiger partial charge in [-0.15, -0.1) is 0 Å². The van der Waals surface area contributed by atoms with E-state index in [0.29, 0.717) is 44.2 Å². The summed E-state index contributed by atoms with van der Waals surface area (Å²) < 4.78 is 0. The minimum atomic E-state index is -1.60. The first-order valence-electron chi connectivity index (χ1n) is 25.6. The number of aryl methyl sites for hydroxylation is 1. The molecule has 0 aromatic heterocycles. The number of aliphatic hydroxyl groups is 1. The Morgan fingerprint density at radius 1 is 0.737 bits per heavy atom. The van der Waals surface area contributed by atoms with Gasteiger partial charge in [0.2, 0.25) is 47.3 Å². The van der Waals surface area contributed by atoms with E-state index >= 15 is 0 Å². The smallest absolute Gasteiger partial charge is 0.352 e. The molecule has 1 heterocycles. The van der Waals surface area contributed by atoms with Gasteiger partial charge in [0.05, 0.1) is 18.7 Å². The van der Waals surface area contributed by atoms with Crippen LogP contribution in [0, 0.1) is 6.92 Å². The lowest BCUT2D eigenvalue weighted by Crippen LogP contribution is -2.61. The SMILES string of the molecule is Cc1cccc(CC(NC(=O)[C@@H]2CCCN2C(=O)[C@@H](CCCN)NC(=O)CNC(=O)[C@H](CCN)NC(=O)[C@@H](NC(=O)[C@@H](N)CCCCN)[C@@H](O)CN)C(=O)N[C@@H](CCCCN)C(=O)N/C(=C\CCN=C(N)N)C(=O)O)c1. The third-order valence-corrected chi connectivity index (χ3v) is 12.2. The maximum absolute atomic E-state index is 14.3. The van der Waals surface area contributed by atoms with Crippen LogP contribution in [0.25, 0.3) is 0 Å².